The zero-order valence-electron chi connectivity index (χ0n) is 12.7. The topological polar surface area (TPSA) is 92.6 Å². The lowest BCUT2D eigenvalue weighted by molar-refractivity contribution is -0.384. The van der Waals surface area contributed by atoms with Crippen LogP contribution in [-0.2, 0) is 17.8 Å². The minimum absolute atomic E-state index is 0.0115. The van der Waals surface area contributed by atoms with Crippen LogP contribution in [0.25, 0.3) is 0 Å². The zero-order valence-corrected chi connectivity index (χ0v) is 12.7. The predicted molar refractivity (Wildman–Crippen MR) is 86.1 cm³/mol. The molecule has 1 saturated heterocycles. The lowest BCUT2D eigenvalue weighted by atomic mass is 10.1. The molecule has 7 heteroatoms. The molecule has 7 nitrogen and oxygen atoms in total. The molecule has 1 fully saturated rings. The highest BCUT2D eigenvalue weighted by molar-refractivity contribution is 6.04. The highest BCUT2D eigenvalue weighted by Crippen LogP contribution is 2.18. The summed E-state index contributed by atoms with van der Waals surface area (Å²) in [6, 6.07) is 14.2. The number of rotatable bonds is 5. The van der Waals surface area contributed by atoms with Crippen LogP contribution in [-0.4, -0.2) is 27.8 Å². The summed E-state index contributed by atoms with van der Waals surface area (Å²) in [5.74, 6) is -0.324. The SMILES string of the molecule is O=C1N[C@H](Cc2ccccc2)C(=O)N1Cc1cccc([N+](=O)[O-])c1. The first-order valence-corrected chi connectivity index (χ1v) is 7.44. The average molecular weight is 325 g/mol. The smallest absolute Gasteiger partial charge is 0.325 e. The van der Waals surface area contributed by atoms with Crippen molar-refractivity contribution in [2.24, 2.45) is 0 Å². The summed E-state index contributed by atoms with van der Waals surface area (Å²) in [6.45, 7) is 0.0115. The van der Waals surface area contributed by atoms with Crippen LogP contribution in [0.4, 0.5) is 10.5 Å². The van der Waals surface area contributed by atoms with Gasteiger partial charge in [0.1, 0.15) is 6.04 Å². The fraction of sp³-hybridized carbons (Fsp3) is 0.176. The Morgan fingerprint density at radius 3 is 2.46 bits per heavy atom. The number of non-ortho nitro benzene ring substituents is 1. The van der Waals surface area contributed by atoms with Gasteiger partial charge in [0.25, 0.3) is 11.6 Å². The van der Waals surface area contributed by atoms with Gasteiger partial charge in [0.15, 0.2) is 0 Å². The number of benzene rings is 2. The second kappa shape index (κ2) is 6.49. The van der Waals surface area contributed by atoms with Gasteiger partial charge in [-0.15, -0.1) is 0 Å². The Balaban J connectivity index is 1.72. The van der Waals surface area contributed by atoms with E-state index in [4.69, 9.17) is 0 Å². The van der Waals surface area contributed by atoms with Gasteiger partial charge in [-0.25, -0.2) is 4.79 Å². The maximum Gasteiger partial charge on any atom is 0.325 e. The van der Waals surface area contributed by atoms with E-state index in [1.54, 1.807) is 6.07 Å². The van der Waals surface area contributed by atoms with Crippen molar-refractivity contribution in [2.45, 2.75) is 19.0 Å². The Bertz CT molecular complexity index is 791. The summed E-state index contributed by atoms with van der Waals surface area (Å²) < 4.78 is 0. The Labute approximate surface area is 138 Å². The summed E-state index contributed by atoms with van der Waals surface area (Å²) in [7, 11) is 0. The van der Waals surface area contributed by atoms with Gasteiger partial charge in [0, 0.05) is 18.6 Å². The quantitative estimate of drug-likeness (QED) is 0.518. The van der Waals surface area contributed by atoms with E-state index in [0.717, 1.165) is 10.5 Å². The Morgan fingerprint density at radius 1 is 1.04 bits per heavy atom. The molecule has 0 bridgehead atoms. The van der Waals surface area contributed by atoms with Gasteiger partial charge in [0.05, 0.1) is 11.5 Å². The molecule has 1 atom stereocenters. The summed E-state index contributed by atoms with van der Waals surface area (Å²) in [5.41, 5.74) is 1.42. The Kier molecular flexibility index (Phi) is 4.24. The minimum atomic E-state index is -0.612. The number of hydrogen-bond acceptors (Lipinski definition) is 4. The minimum Gasteiger partial charge on any atom is -0.325 e. The number of carbonyl (C=O) groups excluding carboxylic acids is 2. The molecule has 122 valence electrons. The first-order valence-electron chi connectivity index (χ1n) is 7.44. The van der Waals surface area contributed by atoms with E-state index in [1.807, 2.05) is 30.3 Å². The molecule has 2 aromatic carbocycles. The number of carbonyl (C=O) groups is 2. The fourth-order valence-corrected chi connectivity index (χ4v) is 2.67. The number of hydrogen-bond donors (Lipinski definition) is 1. The molecule has 2 aromatic rings. The van der Waals surface area contributed by atoms with Gasteiger partial charge in [-0.1, -0.05) is 42.5 Å². The highest BCUT2D eigenvalue weighted by atomic mass is 16.6. The second-order valence-corrected chi connectivity index (χ2v) is 5.54. The van der Waals surface area contributed by atoms with Gasteiger partial charge in [-0.2, -0.15) is 0 Å². The maximum atomic E-state index is 12.5. The van der Waals surface area contributed by atoms with Crippen molar-refractivity contribution >= 4 is 17.6 Å². The van der Waals surface area contributed by atoms with Crippen molar-refractivity contribution < 1.29 is 14.5 Å². The molecule has 1 aliphatic heterocycles. The summed E-state index contributed by atoms with van der Waals surface area (Å²) >= 11 is 0. The van der Waals surface area contributed by atoms with E-state index in [2.05, 4.69) is 5.32 Å². The van der Waals surface area contributed by atoms with E-state index in [1.165, 1.54) is 18.2 Å². The van der Waals surface area contributed by atoms with Crippen molar-refractivity contribution in [3.8, 4) is 0 Å². The lowest BCUT2D eigenvalue weighted by Gasteiger charge is -2.13. The maximum absolute atomic E-state index is 12.5. The molecule has 0 aliphatic carbocycles. The number of nitro groups is 1. The highest BCUT2D eigenvalue weighted by Gasteiger charge is 2.37. The van der Waals surface area contributed by atoms with Crippen LogP contribution in [0.1, 0.15) is 11.1 Å². The lowest BCUT2D eigenvalue weighted by Crippen LogP contribution is -2.32. The molecule has 0 aromatic heterocycles. The average Bonchev–Trinajstić information content (AvgIpc) is 2.83. The van der Waals surface area contributed by atoms with Crippen LogP contribution in [0.2, 0.25) is 0 Å². The number of imide groups is 1. The summed E-state index contributed by atoms with van der Waals surface area (Å²) in [5, 5.41) is 13.5. The first-order chi connectivity index (χ1) is 11.5. The van der Waals surface area contributed by atoms with Gasteiger partial charge in [-0.3, -0.25) is 19.8 Å². The van der Waals surface area contributed by atoms with Crippen molar-refractivity contribution in [3.63, 3.8) is 0 Å². The van der Waals surface area contributed by atoms with Gasteiger partial charge >= 0.3 is 6.03 Å². The molecule has 1 N–H and O–H groups in total. The molecule has 0 radical (unpaired) electrons. The summed E-state index contributed by atoms with van der Waals surface area (Å²) in [6.07, 6.45) is 0.414. The normalized spacial score (nSPS) is 17.0. The third-order valence-electron chi connectivity index (χ3n) is 3.85. The van der Waals surface area contributed by atoms with E-state index in [-0.39, 0.29) is 18.1 Å². The van der Waals surface area contributed by atoms with Crippen molar-refractivity contribution in [1.82, 2.24) is 10.2 Å². The number of nitrogens with one attached hydrogen (secondary N) is 1. The number of amides is 3. The third-order valence-corrected chi connectivity index (χ3v) is 3.85. The second-order valence-electron chi connectivity index (χ2n) is 5.54. The van der Waals surface area contributed by atoms with Crippen LogP contribution >= 0.6 is 0 Å². The van der Waals surface area contributed by atoms with Gasteiger partial charge in [0.2, 0.25) is 0 Å². The van der Waals surface area contributed by atoms with Gasteiger partial charge < -0.3 is 5.32 Å². The Hall–Kier alpha value is -3.22. The number of nitro benzene ring substituents is 1. The van der Waals surface area contributed by atoms with E-state index < -0.39 is 17.0 Å². The zero-order chi connectivity index (χ0) is 17.1. The van der Waals surface area contributed by atoms with Gasteiger partial charge in [-0.05, 0) is 11.1 Å². The standard InChI is InChI=1S/C17H15N3O4/c21-16-15(10-12-5-2-1-3-6-12)18-17(22)19(16)11-13-7-4-8-14(9-13)20(23)24/h1-9,15H,10-11H2,(H,18,22)/t15-/m1/s1. The van der Waals surface area contributed by atoms with Crippen LogP contribution in [0.3, 0.4) is 0 Å². The molecule has 3 amide bonds. The molecule has 1 aliphatic rings. The van der Waals surface area contributed by atoms with E-state index in [9.17, 15) is 19.7 Å². The van der Waals surface area contributed by atoms with Crippen LogP contribution in [0.15, 0.2) is 54.6 Å². The monoisotopic (exact) mass is 325 g/mol. The first kappa shape index (κ1) is 15.7. The predicted octanol–water partition coefficient (Wildman–Crippen LogP) is 2.26. The van der Waals surface area contributed by atoms with Crippen molar-refractivity contribution in [2.75, 3.05) is 0 Å². The van der Waals surface area contributed by atoms with Crippen LogP contribution < -0.4 is 5.32 Å². The number of nitrogens with zero attached hydrogens (tertiary/aromatic N) is 2. The van der Waals surface area contributed by atoms with Crippen LogP contribution in [0.5, 0.6) is 0 Å². The molecule has 0 saturated carbocycles. The molecule has 24 heavy (non-hydrogen) atoms. The molecule has 0 unspecified atom stereocenters. The van der Waals surface area contributed by atoms with Crippen molar-refractivity contribution in [3.05, 3.63) is 75.8 Å². The van der Waals surface area contributed by atoms with E-state index >= 15 is 0 Å². The molecule has 1 heterocycles. The molecular formula is C17H15N3O4. The largest absolute Gasteiger partial charge is 0.325 e. The Morgan fingerprint density at radius 2 is 1.75 bits per heavy atom. The molecule has 3 rings (SSSR count). The molecular weight excluding hydrogens is 310 g/mol. The third kappa shape index (κ3) is 3.24. The van der Waals surface area contributed by atoms with Crippen LogP contribution in [0, 0.1) is 10.1 Å². The van der Waals surface area contributed by atoms with E-state index in [0.29, 0.717) is 12.0 Å². The molecule has 0 spiro atoms. The van der Waals surface area contributed by atoms with Crippen molar-refractivity contribution in [1.29, 1.82) is 0 Å². The summed E-state index contributed by atoms with van der Waals surface area (Å²) in [4.78, 5) is 35.9. The number of urea groups is 1. The fourth-order valence-electron chi connectivity index (χ4n) is 2.67.